The average Bonchev–Trinajstić information content (AvgIpc) is 3.16. The van der Waals surface area contributed by atoms with Crippen LogP contribution in [-0.4, -0.2) is 19.1 Å². The summed E-state index contributed by atoms with van der Waals surface area (Å²) in [6.07, 6.45) is 2.55. The molecule has 0 saturated heterocycles. The third-order valence-electron chi connectivity index (χ3n) is 3.24. The molecule has 0 aromatic heterocycles. The van der Waals surface area contributed by atoms with Crippen molar-refractivity contribution in [2.24, 2.45) is 5.92 Å². The van der Waals surface area contributed by atoms with E-state index < -0.39 is 0 Å². The van der Waals surface area contributed by atoms with Crippen molar-refractivity contribution in [1.29, 1.82) is 0 Å². The molecular weight excluding hydrogens is 226 g/mol. The van der Waals surface area contributed by atoms with E-state index >= 15 is 0 Å². The highest BCUT2D eigenvalue weighted by atomic mass is 16.5. The molecule has 0 spiro atoms. The van der Waals surface area contributed by atoms with Gasteiger partial charge in [-0.15, -0.1) is 0 Å². The lowest BCUT2D eigenvalue weighted by Crippen LogP contribution is -2.31. The minimum absolute atomic E-state index is 0.179. The van der Waals surface area contributed by atoms with Crippen molar-refractivity contribution in [3.63, 3.8) is 0 Å². The molecule has 0 heterocycles. The smallest absolute Gasteiger partial charge is 0.327 e. The fourth-order valence-corrected chi connectivity index (χ4v) is 1.93. The minimum Gasteiger partial charge on any atom is -0.465 e. The average molecular weight is 247 g/mol. The van der Waals surface area contributed by atoms with E-state index in [1.54, 1.807) is 0 Å². The lowest BCUT2D eigenvalue weighted by molar-refractivity contribution is -0.145. The van der Waals surface area contributed by atoms with Crippen LogP contribution in [0.4, 0.5) is 0 Å². The number of nitrogens with one attached hydrogen (secondary N) is 1. The predicted octanol–water partition coefficient (Wildman–Crippen LogP) is 2.60. The van der Waals surface area contributed by atoms with Crippen molar-refractivity contribution in [3.8, 4) is 0 Å². The fraction of sp³-hybridized carbons (Fsp3) is 0.533. The molecule has 18 heavy (non-hydrogen) atoms. The van der Waals surface area contributed by atoms with Crippen LogP contribution >= 0.6 is 0 Å². The maximum absolute atomic E-state index is 12.0. The molecule has 1 N–H and O–H groups in total. The SMILES string of the molecule is CCOC(=O)C(NCC1CC1)c1ccc(C)cc1. The number of rotatable bonds is 6. The second-order valence-electron chi connectivity index (χ2n) is 4.95. The lowest BCUT2D eigenvalue weighted by atomic mass is 10.1. The summed E-state index contributed by atoms with van der Waals surface area (Å²) >= 11 is 0. The normalized spacial score (nSPS) is 16.3. The summed E-state index contributed by atoms with van der Waals surface area (Å²) in [6, 6.07) is 7.72. The van der Waals surface area contributed by atoms with E-state index in [1.807, 2.05) is 38.1 Å². The van der Waals surface area contributed by atoms with Crippen LogP contribution in [0, 0.1) is 12.8 Å². The van der Waals surface area contributed by atoms with Crippen molar-refractivity contribution >= 4 is 5.97 Å². The molecule has 1 aromatic carbocycles. The molecule has 1 fully saturated rings. The first-order chi connectivity index (χ1) is 8.70. The Morgan fingerprint density at radius 2 is 2.06 bits per heavy atom. The van der Waals surface area contributed by atoms with E-state index in [2.05, 4.69) is 5.32 Å². The van der Waals surface area contributed by atoms with E-state index in [0.29, 0.717) is 6.61 Å². The number of hydrogen-bond donors (Lipinski definition) is 1. The van der Waals surface area contributed by atoms with E-state index in [0.717, 1.165) is 18.0 Å². The predicted molar refractivity (Wildman–Crippen MR) is 71.3 cm³/mol. The standard InChI is InChI=1S/C15H21NO2/c1-3-18-15(17)14(16-10-12-6-7-12)13-8-4-11(2)5-9-13/h4-5,8-9,12,14,16H,3,6-7,10H2,1-2H3. The number of hydrogen-bond acceptors (Lipinski definition) is 3. The number of esters is 1. The van der Waals surface area contributed by atoms with Crippen molar-refractivity contribution in [1.82, 2.24) is 5.32 Å². The summed E-state index contributed by atoms with van der Waals surface area (Å²) in [4.78, 5) is 12.0. The summed E-state index contributed by atoms with van der Waals surface area (Å²) in [5, 5.41) is 3.33. The van der Waals surface area contributed by atoms with Crippen LogP contribution in [0.25, 0.3) is 0 Å². The quantitative estimate of drug-likeness (QED) is 0.785. The molecule has 0 amide bonds. The van der Waals surface area contributed by atoms with E-state index in [-0.39, 0.29) is 12.0 Å². The Morgan fingerprint density at radius 1 is 1.39 bits per heavy atom. The van der Waals surface area contributed by atoms with Gasteiger partial charge in [-0.05, 0) is 44.7 Å². The van der Waals surface area contributed by atoms with Crippen LogP contribution in [0.2, 0.25) is 0 Å². The first kappa shape index (κ1) is 13.1. The molecule has 1 atom stereocenters. The molecular formula is C15H21NO2. The van der Waals surface area contributed by atoms with Gasteiger partial charge >= 0.3 is 5.97 Å². The number of benzene rings is 1. The van der Waals surface area contributed by atoms with Gasteiger partial charge in [0.05, 0.1) is 6.61 Å². The molecule has 0 radical (unpaired) electrons. The van der Waals surface area contributed by atoms with Crippen LogP contribution in [0.5, 0.6) is 0 Å². The minimum atomic E-state index is -0.328. The van der Waals surface area contributed by atoms with E-state index in [4.69, 9.17) is 4.74 Å². The van der Waals surface area contributed by atoms with Gasteiger partial charge in [-0.25, -0.2) is 4.79 Å². The first-order valence-electron chi connectivity index (χ1n) is 6.67. The van der Waals surface area contributed by atoms with Crippen LogP contribution in [0.15, 0.2) is 24.3 Å². The Morgan fingerprint density at radius 3 is 2.61 bits per heavy atom. The Labute approximate surface area is 109 Å². The maximum atomic E-state index is 12.0. The zero-order valence-corrected chi connectivity index (χ0v) is 11.1. The molecule has 0 aliphatic heterocycles. The molecule has 1 saturated carbocycles. The number of aryl methyl sites for hydroxylation is 1. The summed E-state index contributed by atoms with van der Waals surface area (Å²) < 4.78 is 5.14. The number of ether oxygens (including phenoxy) is 1. The first-order valence-corrected chi connectivity index (χ1v) is 6.67. The van der Waals surface area contributed by atoms with Crippen LogP contribution in [0.1, 0.15) is 36.9 Å². The third-order valence-corrected chi connectivity index (χ3v) is 3.24. The Kier molecular flexibility index (Phi) is 4.37. The third kappa shape index (κ3) is 3.57. The van der Waals surface area contributed by atoms with Crippen LogP contribution in [-0.2, 0) is 9.53 Å². The van der Waals surface area contributed by atoms with Gasteiger partial charge in [0, 0.05) is 0 Å². The van der Waals surface area contributed by atoms with Crippen molar-refractivity contribution in [3.05, 3.63) is 35.4 Å². The monoisotopic (exact) mass is 247 g/mol. The molecule has 1 aliphatic rings. The summed E-state index contributed by atoms with van der Waals surface area (Å²) in [5.74, 6) is 0.564. The highest BCUT2D eigenvalue weighted by molar-refractivity contribution is 5.77. The molecule has 3 heteroatoms. The Bertz CT molecular complexity index is 395. The van der Waals surface area contributed by atoms with Gasteiger partial charge in [0.25, 0.3) is 0 Å². The molecule has 1 aromatic rings. The van der Waals surface area contributed by atoms with Crippen molar-refractivity contribution < 1.29 is 9.53 Å². The summed E-state index contributed by atoms with van der Waals surface area (Å²) in [7, 11) is 0. The van der Waals surface area contributed by atoms with Crippen molar-refractivity contribution in [2.75, 3.05) is 13.2 Å². The Hall–Kier alpha value is -1.35. The van der Waals surface area contributed by atoms with Gasteiger partial charge in [-0.3, -0.25) is 0 Å². The van der Waals surface area contributed by atoms with Gasteiger partial charge in [0.2, 0.25) is 0 Å². The number of carbonyl (C=O) groups excluding carboxylic acids is 1. The zero-order valence-electron chi connectivity index (χ0n) is 11.1. The molecule has 3 nitrogen and oxygen atoms in total. The zero-order chi connectivity index (χ0) is 13.0. The van der Waals surface area contributed by atoms with Crippen molar-refractivity contribution in [2.45, 2.75) is 32.7 Å². The van der Waals surface area contributed by atoms with E-state index in [1.165, 1.54) is 18.4 Å². The largest absolute Gasteiger partial charge is 0.465 e. The van der Waals surface area contributed by atoms with E-state index in [9.17, 15) is 4.79 Å². The Balaban J connectivity index is 2.06. The van der Waals surface area contributed by atoms with Gasteiger partial charge in [0.15, 0.2) is 0 Å². The topological polar surface area (TPSA) is 38.3 Å². The van der Waals surface area contributed by atoms with Gasteiger partial charge in [-0.2, -0.15) is 0 Å². The highest BCUT2D eigenvalue weighted by Gasteiger charge is 2.26. The maximum Gasteiger partial charge on any atom is 0.327 e. The van der Waals surface area contributed by atoms with Gasteiger partial charge in [-0.1, -0.05) is 29.8 Å². The fourth-order valence-electron chi connectivity index (χ4n) is 1.93. The second-order valence-corrected chi connectivity index (χ2v) is 4.95. The lowest BCUT2D eigenvalue weighted by Gasteiger charge is -2.17. The molecule has 0 bridgehead atoms. The van der Waals surface area contributed by atoms with Gasteiger partial charge in [0.1, 0.15) is 6.04 Å². The van der Waals surface area contributed by atoms with Crippen LogP contribution < -0.4 is 5.32 Å². The summed E-state index contributed by atoms with van der Waals surface area (Å²) in [6.45, 7) is 5.20. The van der Waals surface area contributed by atoms with Crippen LogP contribution in [0.3, 0.4) is 0 Å². The molecule has 2 rings (SSSR count). The molecule has 98 valence electrons. The highest BCUT2D eigenvalue weighted by Crippen LogP contribution is 2.28. The molecule has 1 aliphatic carbocycles. The van der Waals surface area contributed by atoms with Gasteiger partial charge < -0.3 is 10.1 Å². The molecule has 1 unspecified atom stereocenters. The summed E-state index contributed by atoms with van der Waals surface area (Å²) in [5.41, 5.74) is 2.18. The second kappa shape index (κ2) is 6.01. The number of carbonyl (C=O) groups is 1.